The Morgan fingerprint density at radius 1 is 1.38 bits per heavy atom. The Hall–Kier alpha value is -1.82. The van der Waals surface area contributed by atoms with E-state index in [0.29, 0.717) is 29.5 Å². The minimum Gasteiger partial charge on any atom is -0.462 e. The van der Waals surface area contributed by atoms with Gasteiger partial charge in [-0.05, 0) is 62.3 Å². The molecule has 1 aromatic rings. The van der Waals surface area contributed by atoms with Crippen LogP contribution in [0.3, 0.4) is 0 Å². The lowest BCUT2D eigenvalue weighted by Crippen LogP contribution is -2.55. The topological polar surface area (TPSA) is 135 Å². The number of hydrogen-bond acceptors (Lipinski definition) is 8. The number of carbonyl (C=O) groups excluding carboxylic acids is 1. The van der Waals surface area contributed by atoms with Gasteiger partial charge in [-0.15, -0.1) is 0 Å². The van der Waals surface area contributed by atoms with Crippen molar-refractivity contribution >= 4 is 29.3 Å². The Morgan fingerprint density at radius 3 is 2.72 bits per heavy atom. The molecule has 1 heterocycles. The van der Waals surface area contributed by atoms with E-state index >= 15 is 0 Å². The van der Waals surface area contributed by atoms with Crippen molar-refractivity contribution in [3.05, 3.63) is 24.3 Å². The molecule has 1 aliphatic heterocycles. The second-order valence-corrected chi connectivity index (χ2v) is 7.14. The summed E-state index contributed by atoms with van der Waals surface area (Å²) in [5, 5.41) is 26.3. The molecule has 0 aliphatic carbocycles. The molecule has 0 aromatic heterocycles. The minimum absolute atomic E-state index is 0.00297. The third kappa shape index (κ3) is 7.18. The minimum atomic E-state index is -1.13. The molecule has 0 bridgehead atoms. The first-order valence-corrected chi connectivity index (χ1v) is 9.89. The predicted molar refractivity (Wildman–Crippen MR) is 112 cm³/mol. The molecule has 0 amide bonds. The number of aliphatic hydroxyl groups is 2. The molecule has 1 unspecified atom stereocenters. The van der Waals surface area contributed by atoms with Gasteiger partial charge in [-0.2, -0.15) is 0 Å². The number of benzene rings is 1. The van der Waals surface area contributed by atoms with Crippen LogP contribution in [0.2, 0.25) is 0 Å². The number of hydrogen-bond donors (Lipinski definition) is 5. The molecule has 6 N–H and O–H groups in total. The molecule has 10 heteroatoms. The molecule has 1 fully saturated rings. The lowest BCUT2D eigenvalue weighted by molar-refractivity contribution is -0.247. The van der Waals surface area contributed by atoms with Crippen LogP contribution in [0.1, 0.15) is 19.3 Å². The summed E-state index contributed by atoms with van der Waals surface area (Å²) in [7, 11) is 1.41. The van der Waals surface area contributed by atoms with Gasteiger partial charge >= 0.3 is 0 Å². The molecule has 5 atom stereocenters. The predicted octanol–water partition coefficient (Wildman–Crippen LogP) is 0.141. The highest BCUT2D eigenvalue weighted by Crippen LogP contribution is 2.23. The number of unbranched alkanes of at least 4 members (excludes halogenated alkanes) is 1. The van der Waals surface area contributed by atoms with Gasteiger partial charge in [0, 0.05) is 12.8 Å². The average Bonchev–Trinajstić information content (AvgIpc) is 2.71. The smallest absolute Gasteiger partial charge is 0.228 e. The van der Waals surface area contributed by atoms with Crippen molar-refractivity contribution in [2.75, 3.05) is 25.6 Å². The van der Waals surface area contributed by atoms with E-state index < -0.39 is 24.6 Å². The highest BCUT2D eigenvalue weighted by molar-refractivity contribution is 7.80. The SMILES string of the molecule is CO[C@H]1C(O)[C@@H](Oc2ccc(NC(=S)N[C@H](C=O)CCCCN)cc2)OC[C@H]1O. The summed E-state index contributed by atoms with van der Waals surface area (Å²) in [4.78, 5) is 11.2. The van der Waals surface area contributed by atoms with Crippen molar-refractivity contribution in [2.45, 2.75) is 49.9 Å². The highest BCUT2D eigenvalue weighted by atomic mass is 32.1. The summed E-state index contributed by atoms with van der Waals surface area (Å²) in [6, 6.07) is 6.49. The molecule has 0 saturated carbocycles. The number of thiocarbonyl (C=S) groups is 1. The van der Waals surface area contributed by atoms with Gasteiger partial charge in [-0.1, -0.05) is 0 Å². The largest absolute Gasteiger partial charge is 0.462 e. The molecule has 2 rings (SSSR count). The third-order valence-corrected chi connectivity index (χ3v) is 4.73. The Balaban J connectivity index is 1.85. The zero-order chi connectivity index (χ0) is 21.2. The number of carbonyl (C=O) groups is 1. The van der Waals surface area contributed by atoms with Gasteiger partial charge in [0.1, 0.15) is 30.3 Å². The standard InChI is InChI=1S/C19H29N3O6S/c1-26-17-15(24)11-27-18(16(17)25)28-14-7-5-12(6-8-14)21-19(29)22-13(10-23)4-2-3-9-20/h5-8,10,13,15-18,24-25H,2-4,9,11,20H2,1H3,(H2,21,22,29)/t13-,15+,16?,17+,18+/m0/s1. The van der Waals surface area contributed by atoms with E-state index in [4.69, 9.17) is 32.2 Å². The van der Waals surface area contributed by atoms with Crippen LogP contribution in [0.4, 0.5) is 5.69 Å². The summed E-state index contributed by atoms with van der Waals surface area (Å²) in [6.07, 6.45) is -0.578. The number of methoxy groups -OCH3 is 1. The van der Waals surface area contributed by atoms with Crippen molar-refractivity contribution in [2.24, 2.45) is 5.73 Å². The normalized spacial score (nSPS) is 25.1. The number of rotatable bonds is 10. The van der Waals surface area contributed by atoms with E-state index in [2.05, 4.69) is 10.6 Å². The second-order valence-electron chi connectivity index (χ2n) is 6.73. The van der Waals surface area contributed by atoms with Gasteiger partial charge in [0.2, 0.25) is 6.29 Å². The second kappa shape index (κ2) is 12.0. The maximum atomic E-state index is 11.2. The van der Waals surface area contributed by atoms with Gasteiger partial charge in [0.25, 0.3) is 0 Å². The first kappa shape index (κ1) is 23.5. The monoisotopic (exact) mass is 427 g/mol. The lowest BCUT2D eigenvalue weighted by Gasteiger charge is -2.36. The van der Waals surface area contributed by atoms with Crippen LogP contribution >= 0.6 is 12.2 Å². The number of aliphatic hydroxyl groups excluding tert-OH is 2. The maximum Gasteiger partial charge on any atom is 0.228 e. The molecule has 1 saturated heterocycles. The summed E-state index contributed by atoms with van der Waals surface area (Å²) < 4.78 is 16.1. The van der Waals surface area contributed by atoms with Gasteiger partial charge in [0.05, 0.1) is 12.6 Å². The van der Waals surface area contributed by atoms with Crippen LogP contribution in [0.15, 0.2) is 24.3 Å². The lowest BCUT2D eigenvalue weighted by atomic mass is 10.1. The fourth-order valence-corrected chi connectivity index (χ4v) is 3.21. The molecule has 9 nitrogen and oxygen atoms in total. The average molecular weight is 428 g/mol. The Morgan fingerprint density at radius 2 is 2.10 bits per heavy atom. The number of nitrogens with two attached hydrogens (primary N) is 1. The van der Waals surface area contributed by atoms with E-state index in [1.165, 1.54) is 7.11 Å². The van der Waals surface area contributed by atoms with Gasteiger partial charge < -0.3 is 45.6 Å². The molecular weight excluding hydrogens is 398 g/mol. The van der Waals surface area contributed by atoms with Crippen LogP contribution in [0.25, 0.3) is 0 Å². The third-order valence-electron chi connectivity index (χ3n) is 4.51. The van der Waals surface area contributed by atoms with Crippen molar-refractivity contribution in [1.29, 1.82) is 0 Å². The fraction of sp³-hybridized carbons (Fsp3) is 0.579. The molecule has 0 spiro atoms. The van der Waals surface area contributed by atoms with Crippen molar-refractivity contribution in [3.8, 4) is 5.75 Å². The molecule has 1 aromatic carbocycles. The highest BCUT2D eigenvalue weighted by Gasteiger charge is 2.40. The van der Waals surface area contributed by atoms with E-state index in [0.717, 1.165) is 19.1 Å². The molecule has 162 valence electrons. The van der Waals surface area contributed by atoms with Crippen molar-refractivity contribution in [3.63, 3.8) is 0 Å². The van der Waals surface area contributed by atoms with Gasteiger partial charge in [-0.3, -0.25) is 0 Å². The zero-order valence-corrected chi connectivity index (χ0v) is 17.1. The zero-order valence-electron chi connectivity index (χ0n) is 16.3. The number of aldehydes is 1. The van der Waals surface area contributed by atoms with Crippen molar-refractivity contribution < 1.29 is 29.2 Å². The van der Waals surface area contributed by atoms with Gasteiger partial charge in [0.15, 0.2) is 5.11 Å². The first-order chi connectivity index (χ1) is 14.0. The van der Waals surface area contributed by atoms with E-state index in [9.17, 15) is 15.0 Å². The summed E-state index contributed by atoms with van der Waals surface area (Å²) in [5.41, 5.74) is 6.17. The van der Waals surface area contributed by atoms with Crippen LogP contribution in [-0.2, 0) is 14.3 Å². The number of anilines is 1. The van der Waals surface area contributed by atoms with Crippen LogP contribution in [-0.4, -0.2) is 72.5 Å². The Bertz CT molecular complexity index is 647. The first-order valence-electron chi connectivity index (χ1n) is 9.48. The van der Waals surface area contributed by atoms with Crippen LogP contribution < -0.4 is 21.1 Å². The van der Waals surface area contributed by atoms with E-state index in [1.54, 1.807) is 24.3 Å². The fourth-order valence-electron chi connectivity index (χ4n) is 2.94. The molecule has 29 heavy (non-hydrogen) atoms. The Kier molecular flexibility index (Phi) is 9.71. The number of nitrogens with one attached hydrogen (secondary N) is 2. The molecule has 0 radical (unpaired) electrons. The summed E-state index contributed by atoms with van der Waals surface area (Å²) in [6.45, 7) is 0.599. The quantitative estimate of drug-likeness (QED) is 0.199. The van der Waals surface area contributed by atoms with Crippen LogP contribution in [0.5, 0.6) is 5.75 Å². The summed E-state index contributed by atoms with van der Waals surface area (Å²) in [5.74, 6) is 0.470. The molecule has 1 aliphatic rings. The van der Waals surface area contributed by atoms with E-state index in [-0.39, 0.29) is 12.6 Å². The van der Waals surface area contributed by atoms with E-state index in [1.807, 2.05) is 0 Å². The Labute approximate surface area is 175 Å². The van der Waals surface area contributed by atoms with Crippen molar-refractivity contribution in [1.82, 2.24) is 5.32 Å². The number of ether oxygens (including phenoxy) is 3. The van der Waals surface area contributed by atoms with Gasteiger partial charge in [-0.25, -0.2) is 0 Å². The van der Waals surface area contributed by atoms with Crippen LogP contribution in [0, 0.1) is 0 Å². The molecular formula is C19H29N3O6S. The summed E-state index contributed by atoms with van der Waals surface area (Å²) >= 11 is 5.25. The maximum absolute atomic E-state index is 11.2.